The molecule has 1 aromatic carbocycles. The molecule has 2 aliphatic heterocycles. The number of benzene rings is 1. The molecule has 0 saturated carbocycles. The van der Waals surface area contributed by atoms with Crippen LogP contribution in [0.4, 0.5) is 5.95 Å². The SMILES string of the molecule is CC12OCC(CO)(OC1n1cnc3c(=O)[nH]c(N)nc31)C2OCc1ccccc1. The van der Waals surface area contributed by atoms with E-state index in [0.29, 0.717) is 6.61 Å². The topological polar surface area (TPSA) is 138 Å². The average Bonchev–Trinajstić information content (AvgIpc) is 3.33. The zero-order chi connectivity index (χ0) is 20.2. The fourth-order valence-corrected chi connectivity index (χ4v) is 4.27. The Morgan fingerprint density at radius 3 is 2.97 bits per heavy atom. The minimum absolute atomic E-state index is 0.0211. The minimum atomic E-state index is -1.03. The summed E-state index contributed by atoms with van der Waals surface area (Å²) in [6, 6.07) is 9.74. The molecular weight excluding hydrogens is 378 g/mol. The number of nitrogens with two attached hydrogens (primary N) is 1. The number of ether oxygens (including phenoxy) is 3. The monoisotopic (exact) mass is 399 g/mol. The summed E-state index contributed by atoms with van der Waals surface area (Å²) in [6.07, 6.45) is 0.218. The fraction of sp³-hybridized carbons (Fsp3) is 0.421. The Morgan fingerprint density at radius 1 is 1.41 bits per heavy atom. The normalized spacial score (nSPS) is 31.0. The van der Waals surface area contributed by atoms with Gasteiger partial charge in [0.1, 0.15) is 17.3 Å². The van der Waals surface area contributed by atoms with E-state index in [2.05, 4.69) is 15.0 Å². The first-order valence-electron chi connectivity index (χ1n) is 9.27. The number of nitrogens with zero attached hydrogens (tertiary/aromatic N) is 3. The Hall–Kier alpha value is -2.79. The van der Waals surface area contributed by atoms with E-state index in [1.807, 2.05) is 37.3 Å². The second kappa shape index (κ2) is 6.36. The highest BCUT2D eigenvalue weighted by molar-refractivity contribution is 5.70. The minimum Gasteiger partial charge on any atom is -0.393 e. The molecule has 0 radical (unpaired) electrons. The number of aliphatic hydroxyl groups is 1. The molecule has 3 aromatic rings. The van der Waals surface area contributed by atoms with Gasteiger partial charge in [-0.1, -0.05) is 30.3 Å². The summed E-state index contributed by atoms with van der Waals surface area (Å²) in [6.45, 7) is 2.12. The third-order valence-corrected chi connectivity index (χ3v) is 5.69. The van der Waals surface area contributed by atoms with Crippen molar-refractivity contribution in [2.24, 2.45) is 0 Å². The summed E-state index contributed by atoms with van der Waals surface area (Å²) >= 11 is 0. The molecule has 5 rings (SSSR count). The van der Waals surface area contributed by atoms with Crippen LogP contribution in [0.25, 0.3) is 11.2 Å². The average molecular weight is 399 g/mol. The number of hydrogen-bond donors (Lipinski definition) is 3. The zero-order valence-corrected chi connectivity index (χ0v) is 15.7. The molecule has 4 heterocycles. The molecule has 0 aliphatic carbocycles. The highest BCUT2D eigenvalue weighted by Crippen LogP contribution is 2.54. The highest BCUT2D eigenvalue weighted by atomic mass is 16.7. The molecule has 2 aliphatic rings. The molecule has 10 nitrogen and oxygen atoms in total. The Balaban J connectivity index is 1.53. The number of H-pyrrole nitrogens is 1. The Kier molecular flexibility index (Phi) is 4.00. The van der Waals surface area contributed by atoms with E-state index in [1.54, 1.807) is 4.57 Å². The lowest BCUT2D eigenvalue weighted by Crippen LogP contribution is -2.46. The van der Waals surface area contributed by atoms with Crippen molar-refractivity contribution >= 4 is 17.1 Å². The lowest BCUT2D eigenvalue weighted by Gasteiger charge is -2.33. The predicted molar refractivity (Wildman–Crippen MR) is 102 cm³/mol. The maximum atomic E-state index is 12.1. The number of rotatable bonds is 5. The van der Waals surface area contributed by atoms with Gasteiger partial charge in [-0.3, -0.25) is 14.3 Å². The van der Waals surface area contributed by atoms with Gasteiger partial charge < -0.3 is 25.1 Å². The van der Waals surface area contributed by atoms with Crippen molar-refractivity contribution in [3.63, 3.8) is 0 Å². The molecular formula is C19H21N5O5. The number of anilines is 1. The Morgan fingerprint density at radius 2 is 2.21 bits per heavy atom. The molecule has 0 spiro atoms. The van der Waals surface area contributed by atoms with Gasteiger partial charge in [-0.15, -0.1) is 0 Å². The van der Waals surface area contributed by atoms with E-state index < -0.39 is 29.1 Å². The molecule has 10 heteroatoms. The molecule has 0 amide bonds. The number of aromatic amines is 1. The number of nitrogen functional groups attached to an aromatic ring is 1. The zero-order valence-electron chi connectivity index (χ0n) is 15.7. The van der Waals surface area contributed by atoms with E-state index in [1.165, 1.54) is 6.33 Å². The largest absolute Gasteiger partial charge is 0.393 e. The van der Waals surface area contributed by atoms with Crippen LogP contribution in [0.15, 0.2) is 41.5 Å². The van der Waals surface area contributed by atoms with Crippen LogP contribution < -0.4 is 11.3 Å². The quantitative estimate of drug-likeness (QED) is 0.558. The van der Waals surface area contributed by atoms with Crippen molar-refractivity contribution in [1.29, 1.82) is 0 Å². The number of nitrogens with one attached hydrogen (secondary N) is 1. The Bertz CT molecular complexity index is 1120. The lowest BCUT2D eigenvalue weighted by atomic mass is 9.91. The van der Waals surface area contributed by atoms with Gasteiger partial charge in [0.15, 0.2) is 17.4 Å². The Labute approximate surface area is 165 Å². The first-order chi connectivity index (χ1) is 14.0. The maximum absolute atomic E-state index is 12.1. The molecule has 4 unspecified atom stereocenters. The van der Waals surface area contributed by atoms with Crippen LogP contribution in [-0.4, -0.2) is 55.1 Å². The van der Waals surface area contributed by atoms with Crippen molar-refractivity contribution in [1.82, 2.24) is 19.5 Å². The summed E-state index contributed by atoms with van der Waals surface area (Å²) in [5.41, 5.74) is 4.74. The lowest BCUT2D eigenvalue weighted by molar-refractivity contribution is -0.211. The third kappa shape index (κ3) is 2.60. The van der Waals surface area contributed by atoms with Crippen LogP contribution >= 0.6 is 0 Å². The summed E-state index contributed by atoms with van der Waals surface area (Å²) in [7, 11) is 0. The number of imidazole rings is 1. The van der Waals surface area contributed by atoms with E-state index >= 15 is 0 Å². The second-order valence-corrected chi connectivity index (χ2v) is 7.62. The number of aromatic nitrogens is 4. The summed E-state index contributed by atoms with van der Waals surface area (Å²) in [5.74, 6) is -0.0211. The maximum Gasteiger partial charge on any atom is 0.280 e. The molecule has 2 bridgehead atoms. The molecule has 4 atom stereocenters. The second-order valence-electron chi connectivity index (χ2n) is 7.62. The molecule has 4 N–H and O–H groups in total. The summed E-state index contributed by atoms with van der Waals surface area (Å²) < 4.78 is 20.2. The van der Waals surface area contributed by atoms with Gasteiger partial charge in [-0.05, 0) is 12.5 Å². The van der Waals surface area contributed by atoms with Gasteiger partial charge in [0, 0.05) is 0 Å². The first-order valence-corrected chi connectivity index (χ1v) is 9.27. The highest BCUT2D eigenvalue weighted by Gasteiger charge is 2.70. The van der Waals surface area contributed by atoms with Crippen molar-refractivity contribution < 1.29 is 19.3 Å². The standard InChI is InChI=1S/C19H21N5O5/c1-18-15(27-7-11-5-3-2-4-6-11)19(8-25,9-28-18)29-16(18)24-10-21-12-13(24)22-17(20)23-14(12)26/h2-6,10,15-16,25H,7-9H2,1H3,(H3,20,22,23,26). The van der Waals surface area contributed by atoms with Crippen molar-refractivity contribution in [2.45, 2.75) is 37.1 Å². The van der Waals surface area contributed by atoms with Crippen molar-refractivity contribution in [3.8, 4) is 0 Å². The molecule has 152 valence electrons. The van der Waals surface area contributed by atoms with E-state index in [9.17, 15) is 9.90 Å². The van der Waals surface area contributed by atoms with Crippen LogP contribution in [0.2, 0.25) is 0 Å². The predicted octanol–water partition coefficient (Wildman–Crippen LogP) is 0.336. The van der Waals surface area contributed by atoms with Crippen LogP contribution in [0.5, 0.6) is 0 Å². The number of fused-ring (bicyclic) bond motifs is 3. The van der Waals surface area contributed by atoms with Crippen LogP contribution in [-0.2, 0) is 20.8 Å². The number of aliphatic hydroxyl groups excluding tert-OH is 1. The fourth-order valence-electron chi connectivity index (χ4n) is 4.27. The van der Waals surface area contributed by atoms with Gasteiger partial charge in [-0.25, -0.2) is 4.98 Å². The molecule has 2 fully saturated rings. The smallest absolute Gasteiger partial charge is 0.280 e. The van der Waals surface area contributed by atoms with Crippen LogP contribution in [0, 0.1) is 0 Å². The molecule has 29 heavy (non-hydrogen) atoms. The third-order valence-electron chi connectivity index (χ3n) is 5.69. The first kappa shape index (κ1) is 18.3. The summed E-state index contributed by atoms with van der Waals surface area (Å²) in [5, 5.41) is 10.1. The van der Waals surface area contributed by atoms with Crippen molar-refractivity contribution in [3.05, 3.63) is 52.6 Å². The van der Waals surface area contributed by atoms with Gasteiger partial charge in [0.25, 0.3) is 5.56 Å². The van der Waals surface area contributed by atoms with Gasteiger partial charge >= 0.3 is 0 Å². The van der Waals surface area contributed by atoms with Crippen molar-refractivity contribution in [2.75, 3.05) is 18.9 Å². The van der Waals surface area contributed by atoms with Gasteiger partial charge in [0.2, 0.25) is 5.95 Å². The van der Waals surface area contributed by atoms with E-state index in [4.69, 9.17) is 19.9 Å². The van der Waals surface area contributed by atoms with Gasteiger partial charge in [0.05, 0.1) is 26.1 Å². The van der Waals surface area contributed by atoms with E-state index in [0.717, 1.165) is 5.56 Å². The van der Waals surface area contributed by atoms with Crippen LogP contribution in [0.1, 0.15) is 18.7 Å². The molecule has 2 saturated heterocycles. The summed E-state index contributed by atoms with van der Waals surface area (Å²) in [4.78, 5) is 22.9. The van der Waals surface area contributed by atoms with Gasteiger partial charge in [-0.2, -0.15) is 4.98 Å². The molecule has 2 aromatic heterocycles. The number of hydrogen-bond acceptors (Lipinski definition) is 8. The van der Waals surface area contributed by atoms with E-state index in [-0.39, 0.29) is 30.3 Å². The van der Waals surface area contributed by atoms with Crippen LogP contribution in [0.3, 0.4) is 0 Å².